The average molecular weight is 354 g/mol. The molecule has 3 rings (SSSR count). The molecule has 0 aliphatic heterocycles. The van der Waals surface area contributed by atoms with E-state index in [9.17, 15) is 4.39 Å². The van der Waals surface area contributed by atoms with Crippen molar-refractivity contribution in [3.05, 3.63) is 48.7 Å². The average Bonchev–Trinajstić information content (AvgIpc) is 2.62. The van der Waals surface area contributed by atoms with Crippen molar-refractivity contribution in [1.29, 1.82) is 0 Å². The molecule has 0 saturated heterocycles. The molecule has 1 unspecified atom stereocenters. The monoisotopic (exact) mass is 354 g/mol. The quantitative estimate of drug-likeness (QED) is 0.702. The van der Waals surface area contributed by atoms with Crippen LogP contribution < -0.4 is 11.1 Å². The van der Waals surface area contributed by atoms with Gasteiger partial charge in [-0.2, -0.15) is 0 Å². The van der Waals surface area contributed by atoms with Gasteiger partial charge in [-0.05, 0) is 24.6 Å². The van der Waals surface area contributed by atoms with Crippen LogP contribution >= 0.6 is 0 Å². The van der Waals surface area contributed by atoms with Crippen LogP contribution in [0, 0.1) is 5.82 Å². The van der Waals surface area contributed by atoms with Crippen LogP contribution in [0.3, 0.4) is 0 Å². The minimum atomic E-state index is -0.341. The molecule has 26 heavy (non-hydrogen) atoms. The van der Waals surface area contributed by atoms with Gasteiger partial charge < -0.3 is 15.8 Å². The summed E-state index contributed by atoms with van der Waals surface area (Å²) in [7, 11) is 1.63. The van der Waals surface area contributed by atoms with Gasteiger partial charge in [0.05, 0.1) is 12.3 Å². The van der Waals surface area contributed by atoms with Gasteiger partial charge in [-0.15, -0.1) is 0 Å². The summed E-state index contributed by atoms with van der Waals surface area (Å²) in [6.45, 7) is 2.46. The third-order valence-electron chi connectivity index (χ3n) is 3.65. The normalized spacial score (nSPS) is 12.0. The van der Waals surface area contributed by atoms with E-state index in [1.165, 1.54) is 18.5 Å². The first-order valence-corrected chi connectivity index (χ1v) is 8.03. The molecular formula is C18H19FN6O. The predicted molar refractivity (Wildman–Crippen MR) is 97.8 cm³/mol. The number of aromatic nitrogens is 4. The van der Waals surface area contributed by atoms with Crippen molar-refractivity contribution in [2.24, 2.45) is 0 Å². The minimum Gasteiger partial charge on any atom is -0.384 e. The molecule has 0 spiro atoms. The van der Waals surface area contributed by atoms with Crippen LogP contribution in [0.4, 0.5) is 16.2 Å². The van der Waals surface area contributed by atoms with Gasteiger partial charge in [0.15, 0.2) is 0 Å². The number of nitrogen functional groups attached to an aromatic ring is 1. The summed E-state index contributed by atoms with van der Waals surface area (Å²) in [5.41, 5.74) is 8.14. The molecule has 8 heteroatoms. The summed E-state index contributed by atoms with van der Waals surface area (Å²) in [5, 5.41) is 3.16. The van der Waals surface area contributed by atoms with E-state index in [1.54, 1.807) is 31.5 Å². The summed E-state index contributed by atoms with van der Waals surface area (Å²) in [6, 6.07) is 7.87. The van der Waals surface area contributed by atoms with Crippen molar-refractivity contribution >= 4 is 11.8 Å². The standard InChI is InChI=1S/C18H19FN6O/c1-11(9-26-2)24-18-21-8-14(12-4-3-5-13(19)6-12)17(25-18)15-7-16(20)23-10-22-15/h3-8,10-11H,9H2,1-2H3,(H2,20,22,23)(H,21,24,25). The van der Waals surface area contributed by atoms with E-state index in [0.29, 0.717) is 40.9 Å². The van der Waals surface area contributed by atoms with Crippen molar-refractivity contribution in [1.82, 2.24) is 19.9 Å². The van der Waals surface area contributed by atoms with Gasteiger partial charge in [0.1, 0.15) is 23.7 Å². The number of nitrogens with zero attached hydrogens (tertiary/aromatic N) is 4. The fourth-order valence-electron chi connectivity index (χ4n) is 2.53. The first-order valence-electron chi connectivity index (χ1n) is 8.03. The molecule has 1 aromatic carbocycles. The number of nitrogens with one attached hydrogen (secondary N) is 1. The van der Waals surface area contributed by atoms with Gasteiger partial charge in [0.25, 0.3) is 0 Å². The molecule has 0 aliphatic carbocycles. The second kappa shape index (κ2) is 7.83. The molecular weight excluding hydrogens is 335 g/mol. The topological polar surface area (TPSA) is 98.8 Å². The maximum Gasteiger partial charge on any atom is 0.223 e. The zero-order valence-corrected chi connectivity index (χ0v) is 14.5. The SMILES string of the molecule is COCC(C)Nc1ncc(-c2cccc(F)c2)c(-c2cc(N)ncn2)n1. The molecule has 3 aromatic rings. The number of ether oxygens (including phenoxy) is 1. The summed E-state index contributed by atoms with van der Waals surface area (Å²) in [6.07, 6.45) is 3.00. The highest BCUT2D eigenvalue weighted by Crippen LogP contribution is 2.30. The molecule has 0 fully saturated rings. The zero-order chi connectivity index (χ0) is 18.5. The van der Waals surface area contributed by atoms with E-state index in [4.69, 9.17) is 10.5 Å². The number of methoxy groups -OCH3 is 1. The number of hydrogen-bond donors (Lipinski definition) is 2. The first-order chi connectivity index (χ1) is 12.6. The molecule has 0 saturated carbocycles. The number of anilines is 2. The molecule has 7 nitrogen and oxygen atoms in total. The second-order valence-corrected chi connectivity index (χ2v) is 5.80. The van der Waals surface area contributed by atoms with Crippen molar-refractivity contribution in [3.63, 3.8) is 0 Å². The zero-order valence-electron chi connectivity index (χ0n) is 14.5. The van der Waals surface area contributed by atoms with Gasteiger partial charge in [0.2, 0.25) is 5.95 Å². The fraction of sp³-hybridized carbons (Fsp3) is 0.222. The van der Waals surface area contributed by atoms with Crippen molar-refractivity contribution in [3.8, 4) is 22.5 Å². The molecule has 0 amide bonds. The summed E-state index contributed by atoms with van der Waals surface area (Å²) < 4.78 is 18.8. The van der Waals surface area contributed by atoms with Crippen molar-refractivity contribution < 1.29 is 9.13 Å². The van der Waals surface area contributed by atoms with E-state index in [1.807, 2.05) is 6.92 Å². The lowest BCUT2D eigenvalue weighted by Gasteiger charge is -2.15. The largest absolute Gasteiger partial charge is 0.384 e. The van der Waals surface area contributed by atoms with E-state index in [0.717, 1.165) is 0 Å². The van der Waals surface area contributed by atoms with Crippen molar-refractivity contribution in [2.75, 3.05) is 24.8 Å². The Labute approximate surface area is 150 Å². The van der Waals surface area contributed by atoms with E-state index < -0.39 is 0 Å². The highest BCUT2D eigenvalue weighted by molar-refractivity contribution is 5.79. The van der Waals surface area contributed by atoms with Crippen LogP contribution in [0.15, 0.2) is 42.9 Å². The Balaban J connectivity index is 2.09. The second-order valence-electron chi connectivity index (χ2n) is 5.80. The van der Waals surface area contributed by atoms with Crippen LogP contribution in [0.25, 0.3) is 22.5 Å². The number of nitrogens with two attached hydrogens (primary N) is 1. The summed E-state index contributed by atoms with van der Waals surface area (Å²) in [4.78, 5) is 17.1. The van der Waals surface area contributed by atoms with E-state index in [-0.39, 0.29) is 11.9 Å². The molecule has 2 heterocycles. The van der Waals surface area contributed by atoms with Crippen LogP contribution in [0.1, 0.15) is 6.92 Å². The molecule has 2 aromatic heterocycles. The molecule has 0 aliphatic rings. The Morgan fingerprint density at radius 1 is 1.23 bits per heavy atom. The number of halogens is 1. The van der Waals surface area contributed by atoms with Gasteiger partial charge in [0, 0.05) is 31.0 Å². The highest BCUT2D eigenvalue weighted by Gasteiger charge is 2.15. The molecule has 0 radical (unpaired) electrons. The van der Waals surface area contributed by atoms with Crippen molar-refractivity contribution in [2.45, 2.75) is 13.0 Å². The maximum atomic E-state index is 13.7. The molecule has 134 valence electrons. The van der Waals surface area contributed by atoms with Crippen LogP contribution in [-0.4, -0.2) is 39.7 Å². The Morgan fingerprint density at radius 2 is 2.08 bits per heavy atom. The summed E-state index contributed by atoms with van der Waals surface area (Å²) in [5.74, 6) is 0.398. The van der Waals surface area contributed by atoms with Gasteiger partial charge in [-0.1, -0.05) is 12.1 Å². The Hall–Kier alpha value is -3.13. The number of rotatable bonds is 6. The van der Waals surface area contributed by atoms with Gasteiger partial charge in [-0.25, -0.2) is 24.3 Å². The van der Waals surface area contributed by atoms with Gasteiger partial charge in [-0.3, -0.25) is 0 Å². The lowest BCUT2D eigenvalue weighted by Crippen LogP contribution is -2.22. The Bertz CT molecular complexity index is 904. The smallest absolute Gasteiger partial charge is 0.223 e. The molecule has 0 bridgehead atoms. The Morgan fingerprint density at radius 3 is 2.81 bits per heavy atom. The van der Waals surface area contributed by atoms with E-state index >= 15 is 0 Å². The number of benzene rings is 1. The molecule has 3 N–H and O–H groups in total. The van der Waals surface area contributed by atoms with Crippen LogP contribution in [0.5, 0.6) is 0 Å². The third kappa shape index (κ3) is 4.09. The maximum absolute atomic E-state index is 13.7. The molecule has 1 atom stereocenters. The van der Waals surface area contributed by atoms with Crippen LogP contribution in [0.2, 0.25) is 0 Å². The minimum absolute atomic E-state index is 0.0170. The predicted octanol–water partition coefficient (Wildman–Crippen LogP) is 2.77. The first kappa shape index (κ1) is 17.7. The number of hydrogen-bond acceptors (Lipinski definition) is 7. The summed E-state index contributed by atoms with van der Waals surface area (Å²) >= 11 is 0. The Kier molecular flexibility index (Phi) is 5.33. The fourth-order valence-corrected chi connectivity index (χ4v) is 2.53. The van der Waals surface area contributed by atoms with Gasteiger partial charge >= 0.3 is 0 Å². The third-order valence-corrected chi connectivity index (χ3v) is 3.65. The highest BCUT2D eigenvalue weighted by atomic mass is 19.1. The van der Waals surface area contributed by atoms with E-state index in [2.05, 4.69) is 25.3 Å². The lowest BCUT2D eigenvalue weighted by atomic mass is 10.0. The lowest BCUT2D eigenvalue weighted by molar-refractivity contribution is 0.190. The van der Waals surface area contributed by atoms with Crippen LogP contribution in [-0.2, 0) is 4.74 Å².